The summed E-state index contributed by atoms with van der Waals surface area (Å²) in [5.74, 6) is 0.389. The van der Waals surface area contributed by atoms with E-state index in [9.17, 15) is 9.59 Å². The minimum absolute atomic E-state index is 0.0450. The average molecular weight is 199 g/mol. The van der Waals surface area contributed by atoms with Crippen LogP contribution < -0.4 is 5.32 Å². The van der Waals surface area contributed by atoms with E-state index in [4.69, 9.17) is 0 Å². The highest BCUT2D eigenvalue weighted by Gasteiger charge is 2.29. The molecule has 0 saturated carbocycles. The molecule has 4 nitrogen and oxygen atoms in total. The Hall–Kier alpha value is -1.06. The summed E-state index contributed by atoms with van der Waals surface area (Å²) in [6, 6.07) is 0. The second-order valence-corrected chi connectivity index (χ2v) is 3.72. The number of hydrogen-bond acceptors (Lipinski definition) is 3. The standard InChI is InChI=1S/C10H17NO3/c1-3-7-6-11-9(12)4-8(7)5-10(13)14-2/h7-8H,3-6H2,1-2H3,(H,11,12)/t7-,8+/m0/s1. The van der Waals surface area contributed by atoms with Gasteiger partial charge in [-0.3, -0.25) is 9.59 Å². The van der Waals surface area contributed by atoms with E-state index in [2.05, 4.69) is 17.0 Å². The Morgan fingerprint density at radius 3 is 2.86 bits per heavy atom. The molecule has 0 aromatic heterocycles. The summed E-state index contributed by atoms with van der Waals surface area (Å²) in [5.41, 5.74) is 0. The minimum Gasteiger partial charge on any atom is -0.469 e. The lowest BCUT2D eigenvalue weighted by Crippen LogP contribution is -2.41. The van der Waals surface area contributed by atoms with Gasteiger partial charge in [-0.05, 0) is 11.8 Å². The van der Waals surface area contributed by atoms with Gasteiger partial charge in [0, 0.05) is 19.4 Å². The lowest BCUT2D eigenvalue weighted by Gasteiger charge is -2.29. The molecule has 1 rings (SSSR count). The summed E-state index contributed by atoms with van der Waals surface area (Å²) >= 11 is 0. The molecule has 1 fully saturated rings. The number of methoxy groups -OCH3 is 1. The van der Waals surface area contributed by atoms with Crippen LogP contribution in [0.3, 0.4) is 0 Å². The molecule has 0 spiro atoms. The molecule has 1 saturated heterocycles. The molecule has 1 N–H and O–H groups in total. The highest BCUT2D eigenvalue weighted by molar-refractivity contribution is 5.78. The van der Waals surface area contributed by atoms with Crippen molar-refractivity contribution in [3.05, 3.63) is 0 Å². The fraction of sp³-hybridized carbons (Fsp3) is 0.800. The first-order valence-electron chi connectivity index (χ1n) is 5.00. The Kier molecular flexibility index (Phi) is 3.92. The monoisotopic (exact) mass is 199 g/mol. The Labute approximate surface area is 84.0 Å². The molecule has 4 heteroatoms. The molecule has 14 heavy (non-hydrogen) atoms. The molecule has 80 valence electrons. The van der Waals surface area contributed by atoms with Gasteiger partial charge < -0.3 is 10.1 Å². The summed E-state index contributed by atoms with van der Waals surface area (Å²) in [6.07, 6.45) is 1.80. The summed E-state index contributed by atoms with van der Waals surface area (Å²) in [5, 5.41) is 2.81. The molecule has 1 aliphatic rings. The first-order chi connectivity index (χ1) is 6.67. The lowest BCUT2D eigenvalue weighted by molar-refractivity contribution is -0.142. The number of amides is 1. The molecule has 0 aromatic rings. The van der Waals surface area contributed by atoms with E-state index < -0.39 is 0 Å². The minimum atomic E-state index is -0.219. The van der Waals surface area contributed by atoms with Crippen molar-refractivity contribution in [2.45, 2.75) is 26.2 Å². The first kappa shape index (κ1) is 11.0. The largest absolute Gasteiger partial charge is 0.469 e. The average Bonchev–Trinajstić information content (AvgIpc) is 2.18. The maximum absolute atomic E-state index is 11.1. The van der Waals surface area contributed by atoms with Crippen LogP contribution >= 0.6 is 0 Å². The number of carbonyl (C=O) groups excluding carboxylic acids is 2. The molecule has 0 bridgehead atoms. The van der Waals surface area contributed by atoms with E-state index in [1.54, 1.807) is 0 Å². The van der Waals surface area contributed by atoms with Gasteiger partial charge in [-0.25, -0.2) is 0 Å². The van der Waals surface area contributed by atoms with Gasteiger partial charge >= 0.3 is 5.97 Å². The van der Waals surface area contributed by atoms with E-state index in [0.717, 1.165) is 6.42 Å². The second kappa shape index (κ2) is 4.98. The molecule has 0 unspecified atom stereocenters. The van der Waals surface area contributed by atoms with Crippen LogP contribution in [-0.2, 0) is 14.3 Å². The van der Waals surface area contributed by atoms with Crippen molar-refractivity contribution in [1.29, 1.82) is 0 Å². The van der Waals surface area contributed by atoms with Crippen molar-refractivity contribution < 1.29 is 14.3 Å². The number of rotatable bonds is 3. The first-order valence-corrected chi connectivity index (χ1v) is 5.00. The van der Waals surface area contributed by atoms with Gasteiger partial charge in [-0.15, -0.1) is 0 Å². The third-order valence-corrected chi connectivity index (χ3v) is 2.86. The normalized spacial score (nSPS) is 26.9. The number of hydrogen-bond donors (Lipinski definition) is 1. The number of piperidine rings is 1. The highest BCUT2D eigenvalue weighted by atomic mass is 16.5. The van der Waals surface area contributed by atoms with Crippen LogP contribution in [0.1, 0.15) is 26.2 Å². The van der Waals surface area contributed by atoms with Crippen molar-refractivity contribution >= 4 is 11.9 Å². The predicted molar refractivity (Wildman–Crippen MR) is 51.5 cm³/mol. The summed E-state index contributed by atoms with van der Waals surface area (Å²) in [4.78, 5) is 22.2. The quantitative estimate of drug-likeness (QED) is 0.681. The third-order valence-electron chi connectivity index (χ3n) is 2.86. The fourth-order valence-electron chi connectivity index (χ4n) is 1.90. The van der Waals surface area contributed by atoms with E-state index in [1.165, 1.54) is 7.11 Å². The van der Waals surface area contributed by atoms with Crippen LogP contribution in [0.2, 0.25) is 0 Å². The maximum Gasteiger partial charge on any atom is 0.305 e. The van der Waals surface area contributed by atoms with Gasteiger partial charge in [-0.1, -0.05) is 13.3 Å². The van der Waals surface area contributed by atoms with Crippen LogP contribution in [0, 0.1) is 11.8 Å². The molecule has 0 aromatic carbocycles. The summed E-state index contributed by atoms with van der Waals surface area (Å²) < 4.78 is 4.61. The zero-order valence-electron chi connectivity index (χ0n) is 8.71. The SMILES string of the molecule is CC[C@H]1CNC(=O)C[C@@H]1CC(=O)OC. The smallest absolute Gasteiger partial charge is 0.305 e. The van der Waals surface area contributed by atoms with Gasteiger partial charge in [0.2, 0.25) is 5.91 Å². The molecular weight excluding hydrogens is 182 g/mol. The van der Waals surface area contributed by atoms with E-state index >= 15 is 0 Å². The van der Waals surface area contributed by atoms with Gasteiger partial charge in [0.05, 0.1) is 7.11 Å². The van der Waals surface area contributed by atoms with Crippen LogP contribution in [0.15, 0.2) is 0 Å². The Bertz CT molecular complexity index is 227. The number of carbonyl (C=O) groups is 2. The van der Waals surface area contributed by atoms with Gasteiger partial charge in [0.15, 0.2) is 0 Å². The Balaban J connectivity index is 2.52. The topological polar surface area (TPSA) is 55.4 Å². The van der Waals surface area contributed by atoms with E-state index in [1.807, 2.05) is 0 Å². The zero-order chi connectivity index (χ0) is 10.6. The molecule has 0 aliphatic carbocycles. The van der Waals surface area contributed by atoms with Crippen LogP contribution in [0.25, 0.3) is 0 Å². The maximum atomic E-state index is 11.1. The molecule has 0 radical (unpaired) electrons. The van der Waals surface area contributed by atoms with Crippen molar-refractivity contribution in [3.8, 4) is 0 Å². The van der Waals surface area contributed by atoms with E-state index in [-0.39, 0.29) is 17.8 Å². The molecule has 1 aliphatic heterocycles. The Morgan fingerprint density at radius 1 is 1.57 bits per heavy atom. The van der Waals surface area contributed by atoms with Crippen LogP contribution in [0.5, 0.6) is 0 Å². The number of ether oxygens (including phenoxy) is 1. The van der Waals surface area contributed by atoms with Gasteiger partial charge in [-0.2, -0.15) is 0 Å². The van der Waals surface area contributed by atoms with Gasteiger partial charge in [0.25, 0.3) is 0 Å². The summed E-state index contributed by atoms with van der Waals surface area (Å²) in [6.45, 7) is 2.77. The number of esters is 1. The highest BCUT2D eigenvalue weighted by Crippen LogP contribution is 2.25. The van der Waals surface area contributed by atoms with Crippen LogP contribution in [-0.4, -0.2) is 25.5 Å². The van der Waals surface area contributed by atoms with Crippen LogP contribution in [0.4, 0.5) is 0 Å². The fourth-order valence-corrected chi connectivity index (χ4v) is 1.90. The molecule has 2 atom stereocenters. The molecule has 1 amide bonds. The van der Waals surface area contributed by atoms with E-state index in [0.29, 0.717) is 25.3 Å². The molecular formula is C10H17NO3. The van der Waals surface area contributed by atoms with Crippen molar-refractivity contribution in [2.75, 3.05) is 13.7 Å². The van der Waals surface area contributed by atoms with Crippen molar-refractivity contribution in [2.24, 2.45) is 11.8 Å². The van der Waals surface area contributed by atoms with Crippen molar-refractivity contribution in [1.82, 2.24) is 5.32 Å². The van der Waals surface area contributed by atoms with Crippen molar-refractivity contribution in [3.63, 3.8) is 0 Å². The zero-order valence-corrected chi connectivity index (χ0v) is 8.71. The second-order valence-electron chi connectivity index (χ2n) is 3.72. The van der Waals surface area contributed by atoms with Gasteiger partial charge in [0.1, 0.15) is 0 Å². The molecule has 1 heterocycles. The third kappa shape index (κ3) is 2.72. The lowest BCUT2D eigenvalue weighted by atomic mass is 9.82. The Morgan fingerprint density at radius 2 is 2.29 bits per heavy atom. The summed E-state index contributed by atoms with van der Waals surface area (Å²) in [7, 11) is 1.38. The predicted octanol–water partition coefficient (Wildman–Crippen LogP) is 0.712. The number of nitrogens with one attached hydrogen (secondary N) is 1.